The fourth-order valence-electron chi connectivity index (χ4n) is 2.50. The molecule has 2 atom stereocenters. The van der Waals surface area contributed by atoms with Crippen LogP contribution in [-0.2, 0) is 14.4 Å². The molecule has 2 amide bonds. The second-order valence-corrected chi connectivity index (χ2v) is 6.79. The van der Waals surface area contributed by atoms with Gasteiger partial charge in [-0.1, -0.05) is 27.7 Å². The van der Waals surface area contributed by atoms with Crippen molar-refractivity contribution in [2.24, 2.45) is 5.41 Å². The molecule has 6 heteroatoms. The Labute approximate surface area is 125 Å². The number of likely N-dealkylation sites (tertiary alicyclic amines) is 1. The van der Waals surface area contributed by atoms with Gasteiger partial charge in [0.25, 0.3) is 0 Å². The van der Waals surface area contributed by atoms with Crippen LogP contribution in [0.4, 0.5) is 0 Å². The Bertz CT molecular complexity index is 414. The molecule has 21 heavy (non-hydrogen) atoms. The smallest absolute Gasteiger partial charge is 0.326 e. The number of hydrogen-bond acceptors (Lipinski definition) is 3. The van der Waals surface area contributed by atoms with E-state index in [2.05, 4.69) is 5.32 Å². The van der Waals surface area contributed by atoms with Crippen molar-refractivity contribution in [2.75, 3.05) is 6.54 Å². The number of amides is 2. The second kappa shape index (κ2) is 6.91. The van der Waals surface area contributed by atoms with Gasteiger partial charge in [0.1, 0.15) is 12.1 Å². The Morgan fingerprint density at radius 1 is 1.33 bits per heavy atom. The third-order valence-electron chi connectivity index (χ3n) is 3.58. The highest BCUT2D eigenvalue weighted by molar-refractivity contribution is 5.91. The first-order chi connectivity index (χ1) is 9.65. The minimum atomic E-state index is -1.04. The normalized spacial score (nSPS) is 20.2. The molecule has 0 aliphatic carbocycles. The Hall–Kier alpha value is -1.59. The van der Waals surface area contributed by atoms with E-state index < -0.39 is 18.1 Å². The first-order valence-corrected chi connectivity index (χ1v) is 7.48. The van der Waals surface area contributed by atoms with Crippen LogP contribution in [0.1, 0.15) is 53.4 Å². The lowest BCUT2D eigenvalue weighted by Gasteiger charge is -2.28. The third-order valence-corrected chi connectivity index (χ3v) is 3.58. The number of nitrogens with one attached hydrogen (secondary N) is 1. The Balaban J connectivity index is 2.70. The van der Waals surface area contributed by atoms with Gasteiger partial charge in [0.15, 0.2) is 0 Å². The molecule has 0 spiro atoms. The molecule has 1 saturated heterocycles. The van der Waals surface area contributed by atoms with Crippen molar-refractivity contribution in [3.8, 4) is 0 Å². The number of rotatable bonds is 5. The number of carboxylic acid groups (broad SMARTS) is 1. The van der Waals surface area contributed by atoms with Crippen molar-refractivity contribution in [3.05, 3.63) is 0 Å². The summed E-state index contributed by atoms with van der Waals surface area (Å²) in [5, 5.41) is 11.5. The van der Waals surface area contributed by atoms with Crippen LogP contribution in [0.25, 0.3) is 0 Å². The van der Waals surface area contributed by atoms with E-state index in [-0.39, 0.29) is 17.2 Å². The van der Waals surface area contributed by atoms with Crippen LogP contribution in [0.15, 0.2) is 0 Å². The number of aliphatic carboxylic acids is 1. The molecule has 120 valence electrons. The quantitative estimate of drug-likeness (QED) is 0.803. The van der Waals surface area contributed by atoms with Crippen molar-refractivity contribution in [1.29, 1.82) is 0 Å². The zero-order chi connectivity index (χ0) is 16.2. The average Bonchev–Trinajstić information content (AvgIpc) is 2.82. The van der Waals surface area contributed by atoms with Crippen LogP contribution in [-0.4, -0.2) is 46.4 Å². The van der Waals surface area contributed by atoms with Gasteiger partial charge in [-0.25, -0.2) is 4.79 Å². The summed E-state index contributed by atoms with van der Waals surface area (Å²) in [6, 6.07) is -1.43. The maximum Gasteiger partial charge on any atom is 0.326 e. The number of carboxylic acids is 1. The molecule has 2 unspecified atom stereocenters. The topological polar surface area (TPSA) is 86.7 Å². The average molecular weight is 298 g/mol. The molecular formula is C15H26N2O4. The van der Waals surface area contributed by atoms with Crippen molar-refractivity contribution < 1.29 is 19.5 Å². The van der Waals surface area contributed by atoms with Crippen molar-refractivity contribution in [2.45, 2.75) is 65.5 Å². The Morgan fingerprint density at radius 3 is 2.43 bits per heavy atom. The van der Waals surface area contributed by atoms with Gasteiger partial charge in [-0.05, 0) is 24.7 Å². The van der Waals surface area contributed by atoms with E-state index >= 15 is 0 Å². The van der Waals surface area contributed by atoms with E-state index in [1.54, 1.807) is 11.8 Å². The minimum absolute atomic E-state index is 0.0384. The van der Waals surface area contributed by atoms with Crippen molar-refractivity contribution in [1.82, 2.24) is 10.2 Å². The molecule has 0 aromatic heterocycles. The zero-order valence-electron chi connectivity index (χ0n) is 13.3. The summed E-state index contributed by atoms with van der Waals surface area (Å²) in [7, 11) is 0. The number of carbonyl (C=O) groups is 3. The lowest BCUT2D eigenvalue weighted by molar-refractivity contribution is -0.144. The second-order valence-electron chi connectivity index (χ2n) is 6.79. The molecule has 0 aromatic carbocycles. The van der Waals surface area contributed by atoms with Gasteiger partial charge < -0.3 is 15.3 Å². The fourth-order valence-corrected chi connectivity index (χ4v) is 2.50. The van der Waals surface area contributed by atoms with Gasteiger partial charge in [-0.3, -0.25) is 9.59 Å². The van der Waals surface area contributed by atoms with Crippen LogP contribution in [0.2, 0.25) is 0 Å². The van der Waals surface area contributed by atoms with E-state index in [4.69, 9.17) is 5.11 Å². The van der Waals surface area contributed by atoms with E-state index in [9.17, 15) is 14.4 Å². The molecule has 6 nitrogen and oxygen atoms in total. The maximum atomic E-state index is 12.3. The summed E-state index contributed by atoms with van der Waals surface area (Å²) in [4.78, 5) is 37.1. The van der Waals surface area contributed by atoms with Gasteiger partial charge in [0, 0.05) is 13.0 Å². The number of hydrogen-bond donors (Lipinski definition) is 2. The summed E-state index contributed by atoms with van der Waals surface area (Å²) >= 11 is 0. The number of carbonyl (C=O) groups excluding carboxylic acids is 2. The van der Waals surface area contributed by atoms with E-state index in [1.165, 1.54) is 0 Å². The Morgan fingerprint density at radius 2 is 1.95 bits per heavy atom. The van der Waals surface area contributed by atoms with E-state index in [0.29, 0.717) is 25.8 Å². The summed E-state index contributed by atoms with van der Waals surface area (Å²) in [5.74, 6) is -1.44. The van der Waals surface area contributed by atoms with Crippen LogP contribution in [0.5, 0.6) is 0 Å². The van der Waals surface area contributed by atoms with Crippen LogP contribution >= 0.6 is 0 Å². The molecule has 2 N–H and O–H groups in total. The minimum Gasteiger partial charge on any atom is -0.480 e. The molecule has 1 aliphatic rings. The highest BCUT2D eigenvalue weighted by Gasteiger charge is 2.36. The van der Waals surface area contributed by atoms with Crippen LogP contribution in [0.3, 0.4) is 0 Å². The fraction of sp³-hybridized carbons (Fsp3) is 0.800. The van der Waals surface area contributed by atoms with Gasteiger partial charge in [0.05, 0.1) is 0 Å². The van der Waals surface area contributed by atoms with Crippen LogP contribution in [0, 0.1) is 5.41 Å². The largest absolute Gasteiger partial charge is 0.480 e. The highest BCUT2D eigenvalue weighted by atomic mass is 16.4. The summed E-state index contributed by atoms with van der Waals surface area (Å²) in [6.07, 6.45) is 2.08. The van der Waals surface area contributed by atoms with Gasteiger partial charge in [0.2, 0.25) is 11.8 Å². The third kappa shape index (κ3) is 5.02. The van der Waals surface area contributed by atoms with Gasteiger partial charge in [-0.15, -0.1) is 0 Å². The molecule has 1 aliphatic heterocycles. The van der Waals surface area contributed by atoms with Gasteiger partial charge >= 0.3 is 5.97 Å². The standard InChI is InChI=1S/C15H26N2O4/c1-5-10(14(20)21)16-13(19)11-7-6-8-17(11)12(18)9-15(2,3)4/h10-11H,5-9H2,1-4H3,(H,16,19)(H,20,21). The molecule has 1 rings (SSSR count). The lowest BCUT2D eigenvalue weighted by Crippen LogP contribution is -2.51. The summed E-state index contributed by atoms with van der Waals surface area (Å²) in [5.41, 5.74) is -0.131. The predicted octanol–water partition coefficient (Wildman–Crippen LogP) is 1.39. The maximum absolute atomic E-state index is 12.3. The molecule has 1 fully saturated rings. The SMILES string of the molecule is CCC(NC(=O)C1CCCN1C(=O)CC(C)(C)C)C(=O)O. The van der Waals surface area contributed by atoms with Crippen molar-refractivity contribution >= 4 is 17.8 Å². The molecule has 0 aromatic rings. The predicted molar refractivity (Wildman–Crippen MR) is 78.7 cm³/mol. The first kappa shape index (κ1) is 17.5. The van der Waals surface area contributed by atoms with E-state index in [1.807, 2.05) is 20.8 Å². The Kier molecular flexibility index (Phi) is 5.75. The summed E-state index contributed by atoms with van der Waals surface area (Å²) in [6.45, 7) is 8.21. The molecule has 1 heterocycles. The number of nitrogens with zero attached hydrogens (tertiary/aromatic N) is 1. The molecule has 0 bridgehead atoms. The molecular weight excluding hydrogens is 272 g/mol. The first-order valence-electron chi connectivity index (χ1n) is 7.48. The van der Waals surface area contributed by atoms with Gasteiger partial charge in [-0.2, -0.15) is 0 Å². The zero-order valence-corrected chi connectivity index (χ0v) is 13.3. The lowest BCUT2D eigenvalue weighted by atomic mass is 9.91. The van der Waals surface area contributed by atoms with E-state index in [0.717, 1.165) is 6.42 Å². The molecule has 0 saturated carbocycles. The monoisotopic (exact) mass is 298 g/mol. The van der Waals surface area contributed by atoms with Crippen molar-refractivity contribution in [3.63, 3.8) is 0 Å². The molecule has 0 radical (unpaired) electrons. The van der Waals surface area contributed by atoms with Crippen LogP contribution < -0.4 is 5.32 Å². The summed E-state index contributed by atoms with van der Waals surface area (Å²) < 4.78 is 0. The highest BCUT2D eigenvalue weighted by Crippen LogP contribution is 2.24.